The Morgan fingerprint density at radius 3 is 2.45 bits per heavy atom. The lowest BCUT2D eigenvalue weighted by atomic mass is 10.2. The Balaban J connectivity index is 2.43. The first-order valence-corrected chi connectivity index (χ1v) is 7.61. The lowest BCUT2D eigenvalue weighted by molar-refractivity contribution is 0.0528. The van der Waals surface area contributed by atoms with E-state index in [1.54, 1.807) is 18.2 Å². The molecule has 2 N–H and O–H groups in total. The molecule has 7 heteroatoms. The van der Waals surface area contributed by atoms with Crippen LogP contribution in [0.5, 0.6) is 0 Å². The Hall–Kier alpha value is -1.76. The molecule has 0 spiro atoms. The second-order valence-electron chi connectivity index (χ2n) is 5.54. The first-order chi connectivity index (χ1) is 10.2. The van der Waals surface area contributed by atoms with Gasteiger partial charge in [-0.1, -0.05) is 0 Å². The monoisotopic (exact) mass is 372 g/mol. The van der Waals surface area contributed by atoms with Crippen molar-refractivity contribution in [2.45, 2.75) is 26.4 Å². The number of amides is 1. The molecule has 0 aliphatic carbocycles. The van der Waals surface area contributed by atoms with Gasteiger partial charge in [-0.15, -0.1) is 0 Å². The van der Waals surface area contributed by atoms with Gasteiger partial charge in [0, 0.05) is 23.2 Å². The molecule has 1 rings (SSSR count). The van der Waals surface area contributed by atoms with Crippen LogP contribution in [-0.4, -0.2) is 37.9 Å². The zero-order chi connectivity index (χ0) is 16.8. The van der Waals surface area contributed by atoms with Crippen molar-refractivity contribution < 1.29 is 19.1 Å². The van der Waals surface area contributed by atoms with Gasteiger partial charge in [-0.2, -0.15) is 0 Å². The summed E-state index contributed by atoms with van der Waals surface area (Å²) < 4.78 is 10.5. The summed E-state index contributed by atoms with van der Waals surface area (Å²) in [6.07, 6.45) is -0.450. The fourth-order valence-electron chi connectivity index (χ4n) is 1.58. The Kier molecular flexibility index (Phi) is 6.67. The van der Waals surface area contributed by atoms with Crippen molar-refractivity contribution in [2.24, 2.45) is 0 Å². The SMILES string of the molecule is COC(=O)c1ccc(NCCNC(=O)OC(C)(C)C)c(Br)c1. The summed E-state index contributed by atoms with van der Waals surface area (Å²) >= 11 is 3.38. The summed E-state index contributed by atoms with van der Waals surface area (Å²) in [5, 5.41) is 5.80. The van der Waals surface area contributed by atoms with Crippen LogP contribution in [0.25, 0.3) is 0 Å². The predicted molar refractivity (Wildman–Crippen MR) is 88.2 cm³/mol. The molecule has 0 saturated heterocycles. The van der Waals surface area contributed by atoms with Gasteiger partial charge in [0.25, 0.3) is 0 Å². The highest BCUT2D eigenvalue weighted by Crippen LogP contribution is 2.23. The van der Waals surface area contributed by atoms with Crippen molar-refractivity contribution in [1.82, 2.24) is 5.32 Å². The standard InChI is InChI=1S/C15H21BrN2O4/c1-15(2,3)22-14(20)18-8-7-17-12-6-5-10(9-11(12)16)13(19)21-4/h5-6,9,17H,7-8H2,1-4H3,(H,18,20). The number of carbonyl (C=O) groups is 2. The zero-order valence-corrected chi connectivity index (χ0v) is 14.7. The molecule has 0 radical (unpaired) electrons. The molecule has 1 aromatic rings. The normalized spacial score (nSPS) is 10.8. The van der Waals surface area contributed by atoms with Crippen molar-refractivity contribution in [3.8, 4) is 0 Å². The average molecular weight is 373 g/mol. The molecule has 0 fully saturated rings. The third-order valence-corrected chi connectivity index (χ3v) is 3.15. The van der Waals surface area contributed by atoms with Gasteiger partial charge in [-0.25, -0.2) is 9.59 Å². The van der Waals surface area contributed by atoms with E-state index in [1.807, 2.05) is 20.8 Å². The van der Waals surface area contributed by atoms with Crippen LogP contribution < -0.4 is 10.6 Å². The molecular formula is C15H21BrN2O4. The number of rotatable bonds is 5. The highest BCUT2D eigenvalue weighted by atomic mass is 79.9. The smallest absolute Gasteiger partial charge is 0.407 e. The Bertz CT molecular complexity index is 541. The molecule has 6 nitrogen and oxygen atoms in total. The Labute approximate surface area is 138 Å². The van der Waals surface area contributed by atoms with Crippen LogP contribution in [0.1, 0.15) is 31.1 Å². The second-order valence-corrected chi connectivity index (χ2v) is 6.40. The summed E-state index contributed by atoms with van der Waals surface area (Å²) in [6, 6.07) is 5.11. The third kappa shape index (κ3) is 6.34. The maximum absolute atomic E-state index is 11.5. The first kappa shape index (κ1) is 18.3. The van der Waals surface area contributed by atoms with Crippen LogP contribution in [-0.2, 0) is 9.47 Å². The molecule has 22 heavy (non-hydrogen) atoms. The highest BCUT2D eigenvalue weighted by molar-refractivity contribution is 9.10. The number of esters is 1. The van der Waals surface area contributed by atoms with Gasteiger partial charge < -0.3 is 20.1 Å². The topological polar surface area (TPSA) is 76.7 Å². The maximum atomic E-state index is 11.5. The van der Waals surface area contributed by atoms with Crippen molar-refractivity contribution in [3.63, 3.8) is 0 Å². The molecule has 0 bridgehead atoms. The number of methoxy groups -OCH3 is 1. The number of nitrogens with one attached hydrogen (secondary N) is 2. The van der Waals surface area contributed by atoms with Crippen molar-refractivity contribution >= 4 is 33.7 Å². The number of carbonyl (C=O) groups excluding carboxylic acids is 2. The maximum Gasteiger partial charge on any atom is 0.407 e. The molecule has 0 atom stereocenters. The molecule has 0 unspecified atom stereocenters. The van der Waals surface area contributed by atoms with E-state index in [9.17, 15) is 9.59 Å². The van der Waals surface area contributed by atoms with Crippen LogP contribution in [0.2, 0.25) is 0 Å². The largest absolute Gasteiger partial charge is 0.465 e. The molecule has 1 amide bonds. The van der Waals surface area contributed by atoms with Gasteiger partial charge in [0.05, 0.1) is 12.7 Å². The van der Waals surface area contributed by atoms with Crippen LogP contribution in [0.3, 0.4) is 0 Å². The summed E-state index contributed by atoms with van der Waals surface area (Å²) in [4.78, 5) is 22.9. The quantitative estimate of drug-likeness (QED) is 0.613. The van der Waals surface area contributed by atoms with Gasteiger partial charge in [0.2, 0.25) is 0 Å². The van der Waals surface area contributed by atoms with Gasteiger partial charge in [0.1, 0.15) is 5.60 Å². The summed E-state index contributed by atoms with van der Waals surface area (Å²) in [5.41, 5.74) is 0.773. The van der Waals surface area contributed by atoms with Crippen LogP contribution in [0, 0.1) is 0 Å². The minimum atomic E-state index is -0.510. The van der Waals surface area contributed by atoms with Crippen molar-refractivity contribution in [3.05, 3.63) is 28.2 Å². The van der Waals surface area contributed by atoms with Crippen LogP contribution in [0.15, 0.2) is 22.7 Å². The molecule has 122 valence electrons. The van der Waals surface area contributed by atoms with Gasteiger partial charge in [-0.05, 0) is 54.9 Å². The number of ether oxygens (including phenoxy) is 2. The predicted octanol–water partition coefficient (Wildman–Crippen LogP) is 3.17. The Morgan fingerprint density at radius 2 is 1.91 bits per heavy atom. The number of hydrogen-bond donors (Lipinski definition) is 2. The minimum Gasteiger partial charge on any atom is -0.465 e. The molecule has 1 aromatic carbocycles. The molecule has 0 aliphatic rings. The third-order valence-electron chi connectivity index (χ3n) is 2.50. The number of benzene rings is 1. The number of alkyl carbamates (subject to hydrolysis) is 1. The first-order valence-electron chi connectivity index (χ1n) is 6.81. The second kappa shape index (κ2) is 8.03. The van der Waals surface area contributed by atoms with Gasteiger partial charge >= 0.3 is 12.1 Å². The lowest BCUT2D eigenvalue weighted by Crippen LogP contribution is -2.35. The van der Waals surface area contributed by atoms with Gasteiger partial charge in [0.15, 0.2) is 0 Å². The molecule has 0 saturated carbocycles. The van der Waals surface area contributed by atoms with E-state index < -0.39 is 11.7 Å². The zero-order valence-electron chi connectivity index (χ0n) is 13.2. The van der Waals surface area contributed by atoms with E-state index >= 15 is 0 Å². The number of anilines is 1. The minimum absolute atomic E-state index is 0.390. The summed E-state index contributed by atoms with van der Waals surface area (Å²) in [6.45, 7) is 6.37. The highest BCUT2D eigenvalue weighted by Gasteiger charge is 2.15. The van der Waals surface area contributed by atoms with E-state index in [0.29, 0.717) is 18.7 Å². The molecule has 0 aromatic heterocycles. The average Bonchev–Trinajstić information content (AvgIpc) is 2.42. The van der Waals surface area contributed by atoms with E-state index in [0.717, 1.165) is 10.2 Å². The molecule has 0 aliphatic heterocycles. The lowest BCUT2D eigenvalue weighted by Gasteiger charge is -2.19. The molecular weight excluding hydrogens is 352 g/mol. The van der Waals surface area contributed by atoms with E-state index in [1.165, 1.54) is 7.11 Å². The molecule has 0 heterocycles. The number of halogens is 1. The number of hydrogen-bond acceptors (Lipinski definition) is 5. The van der Waals surface area contributed by atoms with Gasteiger partial charge in [-0.3, -0.25) is 0 Å². The fourth-order valence-corrected chi connectivity index (χ4v) is 2.10. The van der Waals surface area contributed by atoms with E-state index in [4.69, 9.17) is 4.74 Å². The van der Waals surface area contributed by atoms with Crippen LogP contribution >= 0.6 is 15.9 Å². The fraction of sp³-hybridized carbons (Fsp3) is 0.467. The van der Waals surface area contributed by atoms with Crippen LogP contribution in [0.4, 0.5) is 10.5 Å². The summed E-state index contributed by atoms with van der Waals surface area (Å²) in [7, 11) is 1.34. The van der Waals surface area contributed by atoms with E-state index in [-0.39, 0.29) is 5.97 Å². The van der Waals surface area contributed by atoms with Crippen molar-refractivity contribution in [1.29, 1.82) is 0 Å². The van der Waals surface area contributed by atoms with Crippen molar-refractivity contribution in [2.75, 3.05) is 25.5 Å². The Morgan fingerprint density at radius 1 is 1.23 bits per heavy atom. The van der Waals surface area contributed by atoms with E-state index in [2.05, 4.69) is 31.3 Å². The summed E-state index contributed by atoms with van der Waals surface area (Å²) in [5.74, 6) is -0.390.